The molecule has 0 aliphatic heterocycles. The number of aliphatic hydroxyl groups excluding tert-OH is 1. The molecule has 0 amide bonds. The van der Waals surface area contributed by atoms with Crippen LogP contribution in [0.15, 0.2) is 36.5 Å². The normalized spacial score (nSPS) is 15.8. The monoisotopic (exact) mass is 273 g/mol. The summed E-state index contributed by atoms with van der Waals surface area (Å²) < 4.78 is 1.67. The third-order valence-corrected chi connectivity index (χ3v) is 3.92. The highest BCUT2D eigenvalue weighted by Crippen LogP contribution is 2.31. The number of nitrogens with zero attached hydrogens (tertiary/aromatic N) is 3. The number of aliphatic hydroxyl groups is 1. The number of benzene rings is 1. The molecular formula is C16H23N3O. The van der Waals surface area contributed by atoms with E-state index in [0.29, 0.717) is 12.3 Å². The van der Waals surface area contributed by atoms with Crippen molar-refractivity contribution in [3.05, 3.63) is 47.8 Å². The summed E-state index contributed by atoms with van der Waals surface area (Å²) in [6, 6.07) is 10.2. The first-order valence-electron chi connectivity index (χ1n) is 7.20. The van der Waals surface area contributed by atoms with Gasteiger partial charge in [-0.25, -0.2) is 0 Å². The zero-order valence-electron chi connectivity index (χ0n) is 12.4. The largest absolute Gasteiger partial charge is 0.392 e. The SMILES string of the molecule is CCC(C)C(c1ccccc1)C(O)Cc1cn(C)nn1. The van der Waals surface area contributed by atoms with Gasteiger partial charge in [0.05, 0.1) is 11.8 Å². The Morgan fingerprint density at radius 3 is 2.50 bits per heavy atom. The number of aryl methyl sites for hydroxylation is 1. The van der Waals surface area contributed by atoms with Gasteiger partial charge >= 0.3 is 0 Å². The molecule has 2 aromatic rings. The third-order valence-electron chi connectivity index (χ3n) is 3.92. The Labute approximate surface area is 120 Å². The summed E-state index contributed by atoms with van der Waals surface area (Å²) >= 11 is 0. The number of hydrogen-bond donors (Lipinski definition) is 1. The van der Waals surface area contributed by atoms with E-state index in [1.54, 1.807) is 4.68 Å². The maximum Gasteiger partial charge on any atom is 0.0852 e. The van der Waals surface area contributed by atoms with Crippen LogP contribution in [0.4, 0.5) is 0 Å². The fourth-order valence-electron chi connectivity index (χ4n) is 2.69. The van der Waals surface area contributed by atoms with Gasteiger partial charge in [0, 0.05) is 25.6 Å². The fourth-order valence-corrected chi connectivity index (χ4v) is 2.69. The highest BCUT2D eigenvalue weighted by molar-refractivity contribution is 5.22. The average Bonchev–Trinajstić information content (AvgIpc) is 2.85. The molecule has 4 heteroatoms. The average molecular weight is 273 g/mol. The summed E-state index contributed by atoms with van der Waals surface area (Å²) in [5.41, 5.74) is 2.03. The first kappa shape index (κ1) is 14.7. The molecule has 0 saturated heterocycles. The summed E-state index contributed by atoms with van der Waals surface area (Å²) in [6.07, 6.45) is 3.00. The van der Waals surface area contributed by atoms with E-state index in [2.05, 4.69) is 36.3 Å². The van der Waals surface area contributed by atoms with Crippen LogP contribution in [-0.2, 0) is 13.5 Å². The molecule has 3 atom stereocenters. The van der Waals surface area contributed by atoms with E-state index >= 15 is 0 Å². The molecule has 0 aliphatic rings. The lowest BCUT2D eigenvalue weighted by atomic mass is 9.80. The van der Waals surface area contributed by atoms with Gasteiger partial charge in [0.2, 0.25) is 0 Å². The molecule has 0 aliphatic carbocycles. The van der Waals surface area contributed by atoms with Gasteiger partial charge in [0.1, 0.15) is 0 Å². The van der Waals surface area contributed by atoms with Gasteiger partial charge in [0.15, 0.2) is 0 Å². The van der Waals surface area contributed by atoms with Crippen LogP contribution in [0, 0.1) is 5.92 Å². The second-order valence-corrected chi connectivity index (χ2v) is 5.48. The molecule has 20 heavy (non-hydrogen) atoms. The molecule has 1 aromatic heterocycles. The van der Waals surface area contributed by atoms with Crippen molar-refractivity contribution in [2.24, 2.45) is 13.0 Å². The molecule has 1 heterocycles. The number of aromatic nitrogens is 3. The Kier molecular flexibility index (Phi) is 4.90. The maximum absolute atomic E-state index is 10.6. The van der Waals surface area contributed by atoms with E-state index in [-0.39, 0.29) is 5.92 Å². The minimum Gasteiger partial charge on any atom is -0.392 e. The van der Waals surface area contributed by atoms with Gasteiger partial charge < -0.3 is 5.11 Å². The molecular weight excluding hydrogens is 250 g/mol. The third kappa shape index (κ3) is 3.45. The second kappa shape index (κ2) is 6.66. The summed E-state index contributed by atoms with van der Waals surface area (Å²) in [6.45, 7) is 4.35. The van der Waals surface area contributed by atoms with Crippen molar-refractivity contribution in [1.29, 1.82) is 0 Å². The van der Waals surface area contributed by atoms with Crippen LogP contribution >= 0.6 is 0 Å². The maximum atomic E-state index is 10.6. The lowest BCUT2D eigenvalue weighted by Crippen LogP contribution is -2.26. The van der Waals surface area contributed by atoms with E-state index in [4.69, 9.17) is 0 Å². The quantitative estimate of drug-likeness (QED) is 0.880. The molecule has 1 aromatic carbocycles. The van der Waals surface area contributed by atoms with Gasteiger partial charge in [-0.15, -0.1) is 5.10 Å². The summed E-state index contributed by atoms with van der Waals surface area (Å²) in [5.74, 6) is 0.548. The summed E-state index contributed by atoms with van der Waals surface area (Å²) in [7, 11) is 1.84. The van der Waals surface area contributed by atoms with Gasteiger partial charge in [-0.05, 0) is 11.5 Å². The number of hydrogen-bond acceptors (Lipinski definition) is 3. The first-order chi connectivity index (χ1) is 9.61. The van der Waals surface area contributed by atoms with Crippen LogP contribution in [0.1, 0.15) is 37.4 Å². The van der Waals surface area contributed by atoms with Crippen LogP contribution in [0.3, 0.4) is 0 Å². The van der Waals surface area contributed by atoms with E-state index in [1.807, 2.05) is 31.4 Å². The Morgan fingerprint density at radius 1 is 1.25 bits per heavy atom. The molecule has 0 bridgehead atoms. The molecule has 1 N–H and O–H groups in total. The van der Waals surface area contributed by atoms with Crippen molar-refractivity contribution in [2.75, 3.05) is 0 Å². The Morgan fingerprint density at radius 2 is 1.95 bits per heavy atom. The summed E-state index contributed by atoms with van der Waals surface area (Å²) in [4.78, 5) is 0. The topological polar surface area (TPSA) is 50.9 Å². The predicted octanol–water partition coefficient (Wildman–Crippen LogP) is 2.55. The lowest BCUT2D eigenvalue weighted by Gasteiger charge is -2.28. The number of rotatable bonds is 6. The van der Waals surface area contributed by atoms with Crippen LogP contribution < -0.4 is 0 Å². The van der Waals surface area contributed by atoms with Gasteiger partial charge in [0.25, 0.3) is 0 Å². The van der Waals surface area contributed by atoms with E-state index in [0.717, 1.165) is 12.1 Å². The van der Waals surface area contributed by atoms with Crippen LogP contribution in [0.5, 0.6) is 0 Å². The molecule has 108 valence electrons. The van der Waals surface area contributed by atoms with Crippen molar-refractivity contribution in [2.45, 2.75) is 38.7 Å². The minimum atomic E-state index is -0.441. The van der Waals surface area contributed by atoms with Crippen LogP contribution in [0.2, 0.25) is 0 Å². The van der Waals surface area contributed by atoms with E-state index < -0.39 is 6.10 Å². The van der Waals surface area contributed by atoms with Crippen LogP contribution in [0.25, 0.3) is 0 Å². The van der Waals surface area contributed by atoms with E-state index in [1.165, 1.54) is 5.56 Å². The van der Waals surface area contributed by atoms with Gasteiger partial charge in [-0.1, -0.05) is 55.8 Å². The fraction of sp³-hybridized carbons (Fsp3) is 0.500. The Hall–Kier alpha value is -1.68. The van der Waals surface area contributed by atoms with Crippen molar-refractivity contribution < 1.29 is 5.11 Å². The summed E-state index contributed by atoms with van der Waals surface area (Å²) in [5, 5.41) is 18.6. The van der Waals surface area contributed by atoms with Crippen LogP contribution in [-0.4, -0.2) is 26.2 Å². The molecule has 3 unspecified atom stereocenters. The zero-order valence-corrected chi connectivity index (χ0v) is 12.4. The standard InChI is InChI=1S/C16H23N3O/c1-4-12(2)16(13-8-6-5-7-9-13)15(20)10-14-11-19(3)18-17-14/h5-9,11-12,15-16,20H,4,10H2,1-3H3. The molecule has 0 radical (unpaired) electrons. The zero-order chi connectivity index (χ0) is 14.5. The van der Waals surface area contributed by atoms with Gasteiger partial charge in [-0.3, -0.25) is 4.68 Å². The second-order valence-electron chi connectivity index (χ2n) is 5.48. The van der Waals surface area contributed by atoms with Crippen molar-refractivity contribution in [3.8, 4) is 0 Å². The molecule has 2 rings (SSSR count). The van der Waals surface area contributed by atoms with E-state index in [9.17, 15) is 5.11 Å². The minimum absolute atomic E-state index is 0.128. The molecule has 0 saturated carbocycles. The molecule has 0 fully saturated rings. The van der Waals surface area contributed by atoms with Crippen molar-refractivity contribution in [3.63, 3.8) is 0 Å². The highest BCUT2D eigenvalue weighted by Gasteiger charge is 2.26. The Balaban J connectivity index is 2.18. The van der Waals surface area contributed by atoms with Crippen molar-refractivity contribution in [1.82, 2.24) is 15.0 Å². The molecule has 4 nitrogen and oxygen atoms in total. The first-order valence-corrected chi connectivity index (χ1v) is 7.20. The predicted molar refractivity (Wildman–Crippen MR) is 79.4 cm³/mol. The Bertz CT molecular complexity index is 524. The lowest BCUT2D eigenvalue weighted by molar-refractivity contribution is 0.116. The van der Waals surface area contributed by atoms with Crippen molar-refractivity contribution >= 4 is 0 Å². The highest BCUT2D eigenvalue weighted by atomic mass is 16.3. The smallest absolute Gasteiger partial charge is 0.0852 e. The molecule has 0 spiro atoms. The van der Waals surface area contributed by atoms with Gasteiger partial charge in [-0.2, -0.15) is 0 Å².